The quantitative estimate of drug-likeness (QED) is 0.0252. The Labute approximate surface area is 505 Å². The molecule has 3 saturated heterocycles. The van der Waals surface area contributed by atoms with E-state index in [1.165, 1.54) is 20.8 Å². The first-order valence-electron chi connectivity index (χ1n) is 29.2. The highest BCUT2D eigenvalue weighted by atomic mass is 16.7. The molecule has 0 aliphatic carbocycles. The monoisotopic (exact) mass is 1260 g/mol. The van der Waals surface area contributed by atoms with Gasteiger partial charge in [-0.2, -0.15) is 0 Å². The summed E-state index contributed by atoms with van der Waals surface area (Å²) in [5.74, 6) is -2.32. The van der Waals surface area contributed by atoms with Crippen molar-refractivity contribution in [3.63, 3.8) is 0 Å². The largest absolute Gasteiger partial charge is 0.394 e. The van der Waals surface area contributed by atoms with Gasteiger partial charge in [0, 0.05) is 65.2 Å². The molecule has 0 aromatic carbocycles. The first-order valence-corrected chi connectivity index (χ1v) is 29.2. The van der Waals surface area contributed by atoms with Gasteiger partial charge >= 0.3 is 0 Å². The number of hydrogen-bond acceptors (Lipinski definition) is 28. The fraction of sp³-hybridized carbons (Fsp3) is 0.887. The third-order valence-corrected chi connectivity index (χ3v) is 14.1. The van der Waals surface area contributed by atoms with Crippen LogP contribution in [-0.4, -0.2) is 324 Å². The summed E-state index contributed by atoms with van der Waals surface area (Å²) in [5.41, 5.74) is -0.820. The summed E-state index contributed by atoms with van der Waals surface area (Å²) in [6.45, 7) is 4.20. The number of nitrogens with one attached hydrogen (secondary N) is 7. The Bertz CT molecular complexity index is 1750. The van der Waals surface area contributed by atoms with Gasteiger partial charge in [0.25, 0.3) is 0 Å². The van der Waals surface area contributed by atoms with Gasteiger partial charge in [0.05, 0.1) is 119 Å². The highest BCUT2D eigenvalue weighted by Gasteiger charge is 2.48. The molecule has 0 radical (unpaired) electrons. The van der Waals surface area contributed by atoms with Gasteiger partial charge in [-0.1, -0.05) is 0 Å². The summed E-state index contributed by atoms with van der Waals surface area (Å²) >= 11 is 0. The fourth-order valence-corrected chi connectivity index (χ4v) is 9.34. The first-order chi connectivity index (χ1) is 41.7. The second kappa shape index (κ2) is 43.6. The van der Waals surface area contributed by atoms with E-state index in [-0.39, 0.29) is 175 Å². The zero-order valence-electron chi connectivity index (χ0n) is 50.1. The summed E-state index contributed by atoms with van der Waals surface area (Å²) < 4.78 is 66.7. The van der Waals surface area contributed by atoms with E-state index in [4.69, 9.17) is 56.8 Å². The molecule has 3 aliphatic heterocycles. The molecule has 0 spiro atoms. The van der Waals surface area contributed by atoms with Gasteiger partial charge in [-0.15, -0.1) is 0 Å². The van der Waals surface area contributed by atoms with Gasteiger partial charge in [0.1, 0.15) is 73.1 Å². The Balaban J connectivity index is 1.38. The zero-order chi connectivity index (χ0) is 64.2. The Kier molecular flexibility index (Phi) is 38.7. The minimum Gasteiger partial charge on any atom is -0.394 e. The maximum absolute atomic E-state index is 13.1. The molecule has 16 N–H and O–H groups in total. The fourth-order valence-electron chi connectivity index (χ4n) is 9.34. The van der Waals surface area contributed by atoms with Crippen LogP contribution in [0.1, 0.15) is 59.3 Å². The number of carbonyl (C=O) groups excluding carboxylic acids is 6. The molecule has 15 unspecified atom stereocenters. The van der Waals surface area contributed by atoms with Crippen LogP contribution in [0.2, 0.25) is 0 Å². The zero-order valence-corrected chi connectivity index (χ0v) is 50.1. The van der Waals surface area contributed by atoms with Crippen LogP contribution in [0.5, 0.6) is 0 Å². The number of aliphatic hydroxyl groups excluding tert-OH is 9. The normalized spacial score (nSPS) is 28.0. The molecule has 0 bridgehead atoms. The maximum Gasteiger partial charge on any atom is 0.220 e. The number of rotatable bonds is 46. The average Bonchev–Trinajstić information content (AvgIpc) is 3.70. The number of hydrogen-bond donors (Lipinski definition) is 16. The van der Waals surface area contributed by atoms with Crippen molar-refractivity contribution in [1.29, 1.82) is 0 Å². The van der Waals surface area contributed by atoms with Crippen LogP contribution in [0, 0.1) is 0 Å². The van der Waals surface area contributed by atoms with Crippen LogP contribution in [0.25, 0.3) is 0 Å². The molecule has 34 heteroatoms. The minimum atomic E-state index is -1.45. The van der Waals surface area contributed by atoms with Crippen LogP contribution in [0.15, 0.2) is 0 Å². The van der Waals surface area contributed by atoms with Crippen LogP contribution >= 0.6 is 0 Å². The van der Waals surface area contributed by atoms with Gasteiger partial charge in [-0.3, -0.25) is 28.8 Å². The summed E-state index contributed by atoms with van der Waals surface area (Å²) in [7, 11) is 1.69. The Hall–Kier alpha value is -4.06. The lowest BCUT2D eigenvalue weighted by molar-refractivity contribution is -0.272. The molecule has 3 aliphatic rings. The SMILES string of the molecule is CNC(CCC(=O)NCCOCCOCCOC1OC(CO)C(O)C(O)C1NC(C)=O)(CCC(=O)NCCOCCOCCOC1OC(CO)C(O)C(O)C1NC(C)=O)CCC(=O)NCCOCCOCCOC1OC(CO)C(O)C(O)C1NC(C)=O. The third-order valence-electron chi connectivity index (χ3n) is 14.1. The predicted molar refractivity (Wildman–Crippen MR) is 297 cm³/mol. The number of amides is 6. The van der Waals surface area contributed by atoms with Gasteiger partial charge in [0.2, 0.25) is 35.4 Å². The van der Waals surface area contributed by atoms with E-state index in [0.29, 0.717) is 0 Å². The van der Waals surface area contributed by atoms with Gasteiger partial charge in [0.15, 0.2) is 18.9 Å². The summed E-state index contributed by atoms with van der Waals surface area (Å²) in [6, 6.07) is -3.25. The standard InChI is InChI=1S/C53H97N7O27/c1-32(64)58-41-47(73)44(70)35(29-61)85-50(41)82-26-23-79-20-17-76-14-11-55-38(67)5-8-53(54-4,9-6-39(68)56-12-15-77-18-21-80-24-27-83-51-42(59-33(2)65)48(74)45(71)36(30-62)86-51)10-7-40(69)57-13-16-78-19-22-81-25-28-84-52-43(60-34(3)66)49(75)46(72)37(31-63)87-52/h35-37,41-52,54,61-63,70-75H,5-31H2,1-4H3,(H,55,67)(H,56,68)(H,57,69)(H,58,64)(H,59,65)(H,60,66). The molecule has 506 valence electrons. The molecular weight excluding hydrogens is 1170 g/mol. The van der Waals surface area contributed by atoms with Crippen LogP contribution < -0.4 is 37.2 Å². The number of carbonyl (C=O) groups is 6. The topological polar surface area (TPSA) is 479 Å². The molecule has 87 heavy (non-hydrogen) atoms. The molecule has 0 aromatic heterocycles. The van der Waals surface area contributed by atoms with Gasteiger partial charge in [-0.05, 0) is 26.3 Å². The molecular formula is C53H97N7O27. The van der Waals surface area contributed by atoms with Crippen molar-refractivity contribution in [2.75, 3.05) is 146 Å². The Morgan fingerprint density at radius 3 is 0.851 bits per heavy atom. The summed E-state index contributed by atoms with van der Waals surface area (Å²) in [4.78, 5) is 74.2. The van der Waals surface area contributed by atoms with Crippen molar-refractivity contribution < 1.29 is 132 Å². The Morgan fingerprint density at radius 2 is 0.621 bits per heavy atom. The molecule has 3 fully saturated rings. The molecule has 34 nitrogen and oxygen atoms in total. The van der Waals surface area contributed by atoms with Crippen molar-refractivity contribution in [2.24, 2.45) is 0 Å². The van der Waals surface area contributed by atoms with E-state index >= 15 is 0 Å². The molecule has 3 heterocycles. The highest BCUT2D eigenvalue weighted by Crippen LogP contribution is 2.27. The predicted octanol–water partition coefficient (Wildman–Crippen LogP) is -8.39. The van der Waals surface area contributed by atoms with Crippen molar-refractivity contribution in [1.82, 2.24) is 37.2 Å². The van der Waals surface area contributed by atoms with Gasteiger partial charge in [-0.25, -0.2) is 0 Å². The summed E-state index contributed by atoms with van der Waals surface area (Å²) in [6.07, 6.45) is -14.6. The van der Waals surface area contributed by atoms with Crippen molar-refractivity contribution >= 4 is 35.4 Å². The lowest BCUT2D eigenvalue weighted by Gasteiger charge is -2.42. The molecule has 0 aromatic rings. The van der Waals surface area contributed by atoms with E-state index in [9.17, 15) is 74.7 Å². The molecule has 0 saturated carbocycles. The van der Waals surface area contributed by atoms with E-state index < -0.39 is 135 Å². The van der Waals surface area contributed by atoms with Crippen LogP contribution in [0.4, 0.5) is 0 Å². The number of aliphatic hydroxyl groups is 9. The van der Waals surface area contributed by atoms with Crippen molar-refractivity contribution in [3.05, 3.63) is 0 Å². The molecule has 6 amide bonds. The smallest absolute Gasteiger partial charge is 0.220 e. The van der Waals surface area contributed by atoms with E-state index in [1.807, 2.05) is 0 Å². The number of ether oxygens (including phenoxy) is 12. The van der Waals surface area contributed by atoms with E-state index in [2.05, 4.69) is 37.2 Å². The van der Waals surface area contributed by atoms with Crippen molar-refractivity contribution in [3.8, 4) is 0 Å². The van der Waals surface area contributed by atoms with Gasteiger partial charge < -0.3 is 140 Å². The van der Waals surface area contributed by atoms with E-state index in [0.717, 1.165) is 0 Å². The lowest BCUT2D eigenvalue weighted by atomic mass is 9.83. The van der Waals surface area contributed by atoms with Crippen LogP contribution in [0.3, 0.4) is 0 Å². The second-order valence-corrected chi connectivity index (χ2v) is 20.7. The maximum atomic E-state index is 13.1. The van der Waals surface area contributed by atoms with E-state index in [1.54, 1.807) is 7.05 Å². The van der Waals surface area contributed by atoms with Crippen LogP contribution in [-0.2, 0) is 85.6 Å². The Morgan fingerprint density at radius 1 is 0.379 bits per heavy atom. The highest BCUT2D eigenvalue weighted by molar-refractivity contribution is 5.78. The molecule has 15 atom stereocenters. The minimum absolute atomic E-state index is 0.0137. The summed E-state index contributed by atoms with van der Waals surface area (Å²) in [5, 5.41) is 109. The third kappa shape index (κ3) is 29.2. The molecule has 3 rings (SSSR count). The average molecular weight is 1260 g/mol. The second-order valence-electron chi connectivity index (χ2n) is 20.7. The van der Waals surface area contributed by atoms with Crippen molar-refractivity contribution in [2.45, 2.75) is 157 Å². The lowest BCUT2D eigenvalue weighted by Crippen LogP contribution is -2.64. The first kappa shape index (κ1) is 77.2.